The highest BCUT2D eigenvalue weighted by Gasteiger charge is 2.23. The molecule has 38 heavy (non-hydrogen) atoms. The van der Waals surface area contributed by atoms with Gasteiger partial charge >= 0.3 is 6.03 Å². The topological polar surface area (TPSA) is 79.3 Å². The number of amides is 3. The summed E-state index contributed by atoms with van der Waals surface area (Å²) in [5.41, 5.74) is 4.01. The molecule has 0 unspecified atom stereocenters. The van der Waals surface area contributed by atoms with Crippen LogP contribution in [0.4, 0.5) is 10.7 Å². The van der Waals surface area contributed by atoms with Crippen LogP contribution in [0, 0.1) is 6.92 Å². The molecule has 0 aliphatic heterocycles. The number of carbonyl (C=O) groups excluding carboxylic acids is 2. The Morgan fingerprint density at radius 2 is 1.61 bits per heavy atom. The zero-order valence-electron chi connectivity index (χ0n) is 22.0. The van der Waals surface area contributed by atoms with E-state index in [9.17, 15) is 9.59 Å². The maximum Gasteiger partial charge on any atom is 0.318 e. The fourth-order valence-electron chi connectivity index (χ4n) is 3.87. The van der Waals surface area contributed by atoms with Gasteiger partial charge in [0, 0.05) is 34.6 Å². The SMILES string of the molecule is Cc1ccc(-n2cc(-c3ccc(Cl)cc3)nc2NC(=O)CN(Cc2ccccc2)C(=O)NC(C)(C)C)cc1. The zero-order chi connectivity index (χ0) is 27.3. The largest absolute Gasteiger partial charge is 0.333 e. The Hall–Kier alpha value is -4.10. The van der Waals surface area contributed by atoms with Crippen molar-refractivity contribution in [2.75, 3.05) is 11.9 Å². The van der Waals surface area contributed by atoms with Crippen LogP contribution in [0.1, 0.15) is 31.9 Å². The van der Waals surface area contributed by atoms with Crippen LogP contribution >= 0.6 is 11.6 Å². The average Bonchev–Trinajstić information content (AvgIpc) is 3.27. The number of nitrogens with zero attached hydrogens (tertiary/aromatic N) is 3. The van der Waals surface area contributed by atoms with Gasteiger partial charge in [0.15, 0.2) is 0 Å². The summed E-state index contributed by atoms with van der Waals surface area (Å²) >= 11 is 6.07. The molecule has 4 rings (SSSR count). The molecular weight excluding hydrogens is 498 g/mol. The molecule has 4 aromatic rings. The normalized spacial score (nSPS) is 11.2. The lowest BCUT2D eigenvalue weighted by Gasteiger charge is -2.28. The van der Waals surface area contributed by atoms with Crippen molar-refractivity contribution in [3.63, 3.8) is 0 Å². The summed E-state index contributed by atoms with van der Waals surface area (Å²) in [4.78, 5) is 32.6. The molecule has 0 spiro atoms. The molecule has 3 aromatic carbocycles. The molecule has 0 atom stereocenters. The number of imidazole rings is 1. The number of hydrogen-bond acceptors (Lipinski definition) is 3. The molecule has 7 nitrogen and oxygen atoms in total. The van der Waals surface area contributed by atoms with Gasteiger partial charge in [0.25, 0.3) is 0 Å². The Balaban J connectivity index is 1.61. The van der Waals surface area contributed by atoms with Crippen LogP contribution in [-0.2, 0) is 11.3 Å². The van der Waals surface area contributed by atoms with E-state index in [1.807, 2.05) is 105 Å². The standard InChI is InChI=1S/C30H32ClN5O2/c1-21-10-16-25(17-11-21)36-19-26(23-12-14-24(31)15-13-23)32-28(36)33-27(37)20-35(29(38)34-30(2,3)4)18-22-8-6-5-7-9-22/h5-17,19H,18,20H2,1-4H3,(H,34,38)(H,32,33,37). The average molecular weight is 530 g/mol. The summed E-state index contributed by atoms with van der Waals surface area (Å²) in [7, 11) is 0. The van der Waals surface area contributed by atoms with Crippen LogP contribution in [0.2, 0.25) is 5.02 Å². The molecule has 3 amide bonds. The molecule has 0 radical (unpaired) electrons. The molecule has 0 aliphatic carbocycles. The van der Waals surface area contributed by atoms with Crippen molar-refractivity contribution in [3.8, 4) is 16.9 Å². The van der Waals surface area contributed by atoms with Crippen LogP contribution in [0.3, 0.4) is 0 Å². The molecule has 0 aliphatic rings. The minimum absolute atomic E-state index is 0.145. The van der Waals surface area contributed by atoms with Crippen molar-refractivity contribution in [3.05, 3.63) is 101 Å². The summed E-state index contributed by atoms with van der Waals surface area (Å²) in [6.45, 7) is 7.88. The van der Waals surface area contributed by atoms with E-state index in [-0.39, 0.29) is 18.5 Å². The van der Waals surface area contributed by atoms with Gasteiger partial charge in [-0.25, -0.2) is 9.78 Å². The maximum absolute atomic E-state index is 13.3. The highest BCUT2D eigenvalue weighted by atomic mass is 35.5. The third kappa shape index (κ3) is 7.23. The van der Waals surface area contributed by atoms with Crippen molar-refractivity contribution in [2.45, 2.75) is 39.8 Å². The van der Waals surface area contributed by atoms with Gasteiger partial charge in [0.05, 0.1) is 5.69 Å². The van der Waals surface area contributed by atoms with Gasteiger partial charge in [0.1, 0.15) is 6.54 Å². The van der Waals surface area contributed by atoms with Gasteiger partial charge in [-0.2, -0.15) is 0 Å². The van der Waals surface area contributed by atoms with Crippen LogP contribution in [0.15, 0.2) is 85.1 Å². The van der Waals surface area contributed by atoms with Gasteiger partial charge in [-0.1, -0.05) is 71.8 Å². The van der Waals surface area contributed by atoms with E-state index in [1.54, 1.807) is 12.1 Å². The molecule has 1 aromatic heterocycles. The highest BCUT2D eigenvalue weighted by molar-refractivity contribution is 6.30. The van der Waals surface area contributed by atoms with Crippen molar-refractivity contribution >= 4 is 29.5 Å². The predicted molar refractivity (Wildman–Crippen MR) is 153 cm³/mol. The molecule has 0 saturated carbocycles. The number of nitrogens with one attached hydrogen (secondary N) is 2. The number of benzene rings is 3. The van der Waals surface area contributed by atoms with E-state index >= 15 is 0 Å². The third-order valence-electron chi connectivity index (χ3n) is 5.73. The number of urea groups is 1. The van der Waals surface area contributed by atoms with Gasteiger partial charge in [0.2, 0.25) is 11.9 Å². The third-order valence-corrected chi connectivity index (χ3v) is 5.98. The van der Waals surface area contributed by atoms with E-state index in [0.29, 0.717) is 23.2 Å². The summed E-state index contributed by atoms with van der Waals surface area (Å²) in [5, 5.41) is 6.51. The first-order chi connectivity index (χ1) is 18.1. The van der Waals surface area contributed by atoms with Gasteiger partial charge < -0.3 is 10.2 Å². The lowest BCUT2D eigenvalue weighted by atomic mass is 10.1. The molecule has 0 bridgehead atoms. The van der Waals surface area contributed by atoms with E-state index in [2.05, 4.69) is 10.6 Å². The Kier molecular flexibility index (Phi) is 8.17. The van der Waals surface area contributed by atoms with Gasteiger partial charge in [-0.15, -0.1) is 0 Å². The lowest BCUT2D eigenvalue weighted by molar-refractivity contribution is -0.117. The lowest BCUT2D eigenvalue weighted by Crippen LogP contribution is -2.50. The van der Waals surface area contributed by atoms with E-state index in [0.717, 1.165) is 22.4 Å². The van der Waals surface area contributed by atoms with Gasteiger partial charge in [-0.3, -0.25) is 14.7 Å². The van der Waals surface area contributed by atoms with Crippen LogP contribution in [0.5, 0.6) is 0 Å². The first-order valence-electron chi connectivity index (χ1n) is 12.4. The van der Waals surface area contributed by atoms with Crippen LogP contribution in [0.25, 0.3) is 16.9 Å². The number of hydrogen-bond donors (Lipinski definition) is 2. The molecular formula is C30H32ClN5O2. The number of carbonyl (C=O) groups is 2. The monoisotopic (exact) mass is 529 g/mol. The second kappa shape index (κ2) is 11.5. The Bertz CT molecular complexity index is 1390. The summed E-state index contributed by atoms with van der Waals surface area (Å²) in [5.74, 6) is 0.00584. The van der Waals surface area contributed by atoms with Crippen molar-refractivity contribution in [1.29, 1.82) is 0 Å². The summed E-state index contributed by atoms with van der Waals surface area (Å²) in [6.07, 6.45) is 1.87. The Morgan fingerprint density at radius 3 is 2.24 bits per heavy atom. The minimum Gasteiger partial charge on any atom is -0.333 e. The predicted octanol–water partition coefficient (Wildman–Crippen LogP) is 6.45. The molecule has 8 heteroatoms. The first kappa shape index (κ1) is 26.9. The van der Waals surface area contributed by atoms with E-state index in [4.69, 9.17) is 16.6 Å². The second-order valence-electron chi connectivity index (χ2n) is 10.2. The molecule has 1 heterocycles. The molecule has 0 saturated heterocycles. The molecule has 0 fully saturated rings. The Labute approximate surface area is 228 Å². The van der Waals surface area contributed by atoms with Crippen molar-refractivity contribution < 1.29 is 9.59 Å². The van der Waals surface area contributed by atoms with Gasteiger partial charge in [-0.05, 0) is 57.5 Å². The fraction of sp³-hybridized carbons (Fsp3) is 0.233. The van der Waals surface area contributed by atoms with Crippen molar-refractivity contribution in [1.82, 2.24) is 19.8 Å². The fourth-order valence-corrected chi connectivity index (χ4v) is 4.00. The first-order valence-corrected chi connectivity index (χ1v) is 12.8. The van der Waals surface area contributed by atoms with Crippen LogP contribution < -0.4 is 10.6 Å². The summed E-state index contributed by atoms with van der Waals surface area (Å²) < 4.78 is 1.83. The highest BCUT2D eigenvalue weighted by Crippen LogP contribution is 2.26. The number of halogens is 1. The molecule has 2 N–H and O–H groups in total. The van der Waals surface area contributed by atoms with Crippen LogP contribution in [-0.4, -0.2) is 38.5 Å². The Morgan fingerprint density at radius 1 is 0.947 bits per heavy atom. The quantitative estimate of drug-likeness (QED) is 0.289. The smallest absolute Gasteiger partial charge is 0.318 e. The molecule has 196 valence electrons. The maximum atomic E-state index is 13.3. The van der Waals surface area contributed by atoms with Crippen molar-refractivity contribution in [2.24, 2.45) is 0 Å². The number of rotatable bonds is 7. The second-order valence-corrected chi connectivity index (χ2v) is 10.7. The summed E-state index contributed by atoms with van der Waals surface area (Å²) in [6, 6.07) is 24.6. The minimum atomic E-state index is -0.447. The number of aryl methyl sites for hydroxylation is 1. The number of aromatic nitrogens is 2. The van der Waals surface area contributed by atoms with E-state index in [1.165, 1.54) is 4.90 Å². The van der Waals surface area contributed by atoms with E-state index < -0.39 is 5.54 Å². The zero-order valence-corrected chi connectivity index (χ0v) is 22.8. The number of anilines is 1.